The van der Waals surface area contributed by atoms with Crippen LogP contribution < -0.4 is 5.32 Å². The van der Waals surface area contributed by atoms with Gasteiger partial charge in [-0.15, -0.1) is 0 Å². The molecular formula is C16H16F3N. The summed E-state index contributed by atoms with van der Waals surface area (Å²) in [5, 5.41) is 3.06. The van der Waals surface area contributed by atoms with E-state index in [4.69, 9.17) is 0 Å². The minimum atomic E-state index is -0.670. The molecule has 2 aromatic rings. The standard InChI is InChI=1S/C16H16F3N/c1-3-20-16(11-7-12(17)9-13(18)8-11)14-6-10(2)4-5-15(14)19/h4-9,16,20H,3H2,1-2H3. The lowest BCUT2D eigenvalue weighted by atomic mass is 9.96. The van der Waals surface area contributed by atoms with Crippen LogP contribution in [0, 0.1) is 24.4 Å². The largest absolute Gasteiger partial charge is 0.306 e. The van der Waals surface area contributed by atoms with Crippen LogP contribution in [0.4, 0.5) is 13.2 Å². The van der Waals surface area contributed by atoms with Gasteiger partial charge in [-0.1, -0.05) is 24.6 Å². The number of rotatable bonds is 4. The minimum absolute atomic E-state index is 0.369. The second kappa shape index (κ2) is 6.09. The number of hydrogen-bond acceptors (Lipinski definition) is 1. The second-order valence-electron chi connectivity index (χ2n) is 4.72. The van der Waals surface area contributed by atoms with Crippen molar-refractivity contribution in [3.63, 3.8) is 0 Å². The van der Waals surface area contributed by atoms with E-state index >= 15 is 0 Å². The topological polar surface area (TPSA) is 12.0 Å². The third-order valence-electron chi connectivity index (χ3n) is 3.09. The SMILES string of the molecule is CCNC(c1cc(F)cc(F)c1)c1cc(C)ccc1F. The fraction of sp³-hybridized carbons (Fsp3) is 0.250. The normalized spacial score (nSPS) is 12.4. The zero-order valence-electron chi connectivity index (χ0n) is 11.4. The summed E-state index contributed by atoms with van der Waals surface area (Å²) in [6.45, 7) is 4.25. The van der Waals surface area contributed by atoms with Crippen molar-refractivity contribution < 1.29 is 13.2 Å². The fourth-order valence-electron chi connectivity index (χ4n) is 2.24. The van der Waals surface area contributed by atoms with Gasteiger partial charge in [0.25, 0.3) is 0 Å². The van der Waals surface area contributed by atoms with Gasteiger partial charge in [-0.05, 0) is 37.2 Å². The number of aryl methyl sites for hydroxylation is 1. The van der Waals surface area contributed by atoms with Crippen LogP contribution in [0.15, 0.2) is 36.4 Å². The van der Waals surface area contributed by atoms with Crippen molar-refractivity contribution in [2.75, 3.05) is 6.54 Å². The van der Waals surface area contributed by atoms with Crippen LogP contribution in [0.1, 0.15) is 29.7 Å². The predicted molar refractivity (Wildman–Crippen MR) is 73.0 cm³/mol. The monoisotopic (exact) mass is 279 g/mol. The van der Waals surface area contributed by atoms with Crippen molar-refractivity contribution in [2.24, 2.45) is 0 Å². The number of hydrogen-bond donors (Lipinski definition) is 1. The van der Waals surface area contributed by atoms with Crippen LogP contribution in [0.25, 0.3) is 0 Å². The van der Waals surface area contributed by atoms with E-state index in [2.05, 4.69) is 5.32 Å². The molecule has 1 N–H and O–H groups in total. The van der Waals surface area contributed by atoms with Crippen molar-refractivity contribution in [3.05, 3.63) is 70.5 Å². The first kappa shape index (κ1) is 14.6. The molecule has 20 heavy (non-hydrogen) atoms. The molecular weight excluding hydrogens is 263 g/mol. The van der Waals surface area contributed by atoms with E-state index in [9.17, 15) is 13.2 Å². The molecule has 0 aliphatic rings. The van der Waals surface area contributed by atoms with Gasteiger partial charge >= 0.3 is 0 Å². The molecule has 1 atom stereocenters. The van der Waals surface area contributed by atoms with Gasteiger partial charge in [0.1, 0.15) is 17.5 Å². The van der Waals surface area contributed by atoms with Crippen molar-refractivity contribution in [1.29, 1.82) is 0 Å². The molecule has 2 rings (SSSR count). The quantitative estimate of drug-likeness (QED) is 0.888. The van der Waals surface area contributed by atoms with Gasteiger partial charge in [0.15, 0.2) is 0 Å². The van der Waals surface area contributed by atoms with E-state index in [1.54, 1.807) is 12.1 Å². The Morgan fingerprint density at radius 1 is 1.00 bits per heavy atom. The Kier molecular flexibility index (Phi) is 4.45. The highest BCUT2D eigenvalue weighted by Gasteiger charge is 2.18. The summed E-state index contributed by atoms with van der Waals surface area (Å²) in [5.74, 6) is -1.74. The maximum Gasteiger partial charge on any atom is 0.128 e. The Labute approximate surface area is 116 Å². The number of nitrogens with one attached hydrogen (secondary N) is 1. The number of benzene rings is 2. The molecule has 0 aliphatic carbocycles. The average Bonchev–Trinajstić information content (AvgIpc) is 2.38. The Hall–Kier alpha value is -1.81. The van der Waals surface area contributed by atoms with Crippen LogP contribution in [-0.4, -0.2) is 6.54 Å². The molecule has 0 saturated carbocycles. The molecule has 2 aromatic carbocycles. The molecule has 0 radical (unpaired) electrons. The van der Waals surface area contributed by atoms with Gasteiger partial charge in [0.05, 0.1) is 6.04 Å². The molecule has 106 valence electrons. The maximum absolute atomic E-state index is 14.0. The summed E-state index contributed by atoms with van der Waals surface area (Å²) in [7, 11) is 0. The third-order valence-corrected chi connectivity index (χ3v) is 3.09. The van der Waals surface area contributed by atoms with E-state index in [-0.39, 0.29) is 0 Å². The van der Waals surface area contributed by atoms with Gasteiger partial charge in [0.2, 0.25) is 0 Å². The lowest BCUT2D eigenvalue weighted by Gasteiger charge is -2.20. The van der Waals surface area contributed by atoms with Crippen LogP contribution in [0.3, 0.4) is 0 Å². The van der Waals surface area contributed by atoms with Gasteiger partial charge in [-0.3, -0.25) is 0 Å². The zero-order chi connectivity index (χ0) is 14.7. The van der Waals surface area contributed by atoms with Crippen molar-refractivity contribution in [1.82, 2.24) is 5.32 Å². The Morgan fingerprint density at radius 2 is 1.65 bits per heavy atom. The molecule has 1 nitrogen and oxygen atoms in total. The van der Waals surface area contributed by atoms with E-state index in [0.29, 0.717) is 17.7 Å². The minimum Gasteiger partial charge on any atom is -0.306 e. The highest BCUT2D eigenvalue weighted by atomic mass is 19.1. The van der Waals surface area contributed by atoms with E-state index < -0.39 is 23.5 Å². The molecule has 0 amide bonds. The van der Waals surface area contributed by atoms with E-state index in [0.717, 1.165) is 11.6 Å². The first-order valence-electron chi connectivity index (χ1n) is 6.46. The molecule has 0 aliphatic heterocycles. The molecule has 0 saturated heterocycles. The summed E-state index contributed by atoms with van der Waals surface area (Å²) in [4.78, 5) is 0. The molecule has 0 aromatic heterocycles. The van der Waals surface area contributed by atoms with Gasteiger partial charge in [0, 0.05) is 11.6 Å². The van der Waals surface area contributed by atoms with Crippen LogP contribution in [0.5, 0.6) is 0 Å². The van der Waals surface area contributed by atoms with Gasteiger partial charge in [-0.2, -0.15) is 0 Å². The summed E-state index contributed by atoms with van der Waals surface area (Å²) in [5.41, 5.74) is 1.65. The zero-order valence-corrected chi connectivity index (χ0v) is 11.4. The van der Waals surface area contributed by atoms with E-state index in [1.165, 1.54) is 18.2 Å². The lowest BCUT2D eigenvalue weighted by Crippen LogP contribution is -2.23. The second-order valence-corrected chi connectivity index (χ2v) is 4.72. The highest BCUT2D eigenvalue weighted by molar-refractivity contribution is 5.35. The van der Waals surface area contributed by atoms with E-state index in [1.807, 2.05) is 13.8 Å². The smallest absolute Gasteiger partial charge is 0.128 e. The maximum atomic E-state index is 14.0. The first-order valence-corrected chi connectivity index (χ1v) is 6.46. The average molecular weight is 279 g/mol. The fourth-order valence-corrected chi connectivity index (χ4v) is 2.24. The Morgan fingerprint density at radius 3 is 2.25 bits per heavy atom. The molecule has 4 heteroatoms. The van der Waals surface area contributed by atoms with Crippen LogP contribution in [-0.2, 0) is 0 Å². The summed E-state index contributed by atoms with van der Waals surface area (Å²) >= 11 is 0. The third kappa shape index (κ3) is 3.20. The molecule has 1 unspecified atom stereocenters. The van der Waals surface area contributed by atoms with Crippen molar-refractivity contribution in [2.45, 2.75) is 19.9 Å². The molecule has 0 fully saturated rings. The van der Waals surface area contributed by atoms with Gasteiger partial charge < -0.3 is 5.32 Å². The summed E-state index contributed by atoms with van der Waals surface area (Å²) in [6.07, 6.45) is 0. The summed E-state index contributed by atoms with van der Waals surface area (Å²) in [6, 6.07) is 7.38. The van der Waals surface area contributed by atoms with Gasteiger partial charge in [-0.25, -0.2) is 13.2 Å². The Balaban J connectivity index is 2.52. The van der Waals surface area contributed by atoms with Crippen LogP contribution >= 0.6 is 0 Å². The first-order chi connectivity index (χ1) is 9.51. The highest BCUT2D eigenvalue weighted by Crippen LogP contribution is 2.26. The van der Waals surface area contributed by atoms with Crippen molar-refractivity contribution in [3.8, 4) is 0 Å². The molecule has 0 heterocycles. The molecule has 0 bridgehead atoms. The van der Waals surface area contributed by atoms with Crippen LogP contribution in [0.2, 0.25) is 0 Å². The number of halogens is 3. The Bertz CT molecular complexity index is 590. The predicted octanol–water partition coefficient (Wildman–Crippen LogP) is 4.11. The van der Waals surface area contributed by atoms with Crippen molar-refractivity contribution >= 4 is 0 Å². The lowest BCUT2D eigenvalue weighted by molar-refractivity contribution is 0.543. The summed E-state index contributed by atoms with van der Waals surface area (Å²) < 4.78 is 40.7. The molecule has 0 spiro atoms.